The highest BCUT2D eigenvalue weighted by atomic mass is 35.5. The molecular formula is C18H21ClN2. The van der Waals surface area contributed by atoms with Crippen LogP contribution in [0.5, 0.6) is 0 Å². The number of rotatable bonds is 4. The molecule has 3 heteroatoms. The number of nitrogens with two attached hydrogens (primary N) is 1. The Kier molecular flexibility index (Phi) is 4.29. The van der Waals surface area contributed by atoms with Gasteiger partial charge in [-0.1, -0.05) is 54.9 Å². The summed E-state index contributed by atoms with van der Waals surface area (Å²) in [4.78, 5) is 2.47. The Hall–Kier alpha value is -1.35. The molecule has 0 amide bonds. The molecule has 2 nitrogen and oxygen atoms in total. The lowest BCUT2D eigenvalue weighted by atomic mass is 9.96. The van der Waals surface area contributed by atoms with Gasteiger partial charge < -0.3 is 5.73 Å². The van der Waals surface area contributed by atoms with E-state index in [4.69, 9.17) is 17.3 Å². The highest BCUT2D eigenvalue weighted by Crippen LogP contribution is 2.34. The van der Waals surface area contributed by atoms with E-state index in [0.717, 1.165) is 24.5 Å². The van der Waals surface area contributed by atoms with E-state index in [1.165, 1.54) is 16.7 Å². The van der Waals surface area contributed by atoms with Crippen molar-refractivity contribution in [2.75, 3.05) is 0 Å². The fourth-order valence-corrected chi connectivity index (χ4v) is 3.29. The molecule has 0 aromatic heterocycles. The molecule has 3 rings (SSSR count). The minimum Gasteiger partial charge on any atom is -0.326 e. The van der Waals surface area contributed by atoms with Crippen molar-refractivity contribution in [2.45, 2.75) is 38.5 Å². The van der Waals surface area contributed by atoms with Crippen molar-refractivity contribution < 1.29 is 0 Å². The highest BCUT2D eigenvalue weighted by molar-refractivity contribution is 6.30. The molecule has 2 atom stereocenters. The summed E-state index contributed by atoms with van der Waals surface area (Å²) in [6.07, 6.45) is 0.958. The zero-order valence-electron chi connectivity index (χ0n) is 12.3. The summed E-state index contributed by atoms with van der Waals surface area (Å²) in [5.41, 5.74) is 10.5. The van der Waals surface area contributed by atoms with Crippen molar-refractivity contribution in [1.29, 1.82) is 0 Å². The van der Waals surface area contributed by atoms with Crippen LogP contribution in [0.15, 0.2) is 48.5 Å². The van der Waals surface area contributed by atoms with Crippen LogP contribution < -0.4 is 5.73 Å². The van der Waals surface area contributed by atoms with Gasteiger partial charge in [-0.05, 0) is 35.2 Å². The van der Waals surface area contributed by atoms with E-state index in [1.54, 1.807) is 0 Å². The van der Waals surface area contributed by atoms with Gasteiger partial charge in [-0.3, -0.25) is 4.90 Å². The molecule has 0 spiro atoms. The number of nitrogens with zero attached hydrogens (tertiary/aromatic N) is 1. The maximum Gasteiger partial charge on any atom is 0.0506 e. The standard InChI is InChI=1S/C18H21ClN2/c1-2-17(20)18(13-7-9-16(19)10-8-13)21-11-14-5-3-4-6-15(14)12-21/h3-10,17-18H,2,11-12,20H2,1H3. The third-order valence-corrected chi connectivity index (χ3v) is 4.60. The maximum atomic E-state index is 6.43. The van der Waals surface area contributed by atoms with Crippen molar-refractivity contribution >= 4 is 11.6 Å². The molecule has 1 aliphatic rings. The number of halogens is 1. The molecule has 1 heterocycles. The van der Waals surface area contributed by atoms with Gasteiger partial charge in [0.25, 0.3) is 0 Å². The predicted octanol–water partition coefficient (Wildman–Crippen LogP) is 4.13. The van der Waals surface area contributed by atoms with Gasteiger partial charge in [-0.2, -0.15) is 0 Å². The van der Waals surface area contributed by atoms with Gasteiger partial charge in [-0.15, -0.1) is 0 Å². The van der Waals surface area contributed by atoms with E-state index < -0.39 is 0 Å². The summed E-state index contributed by atoms with van der Waals surface area (Å²) in [6, 6.07) is 17.1. The van der Waals surface area contributed by atoms with Crippen LogP contribution in [0.25, 0.3) is 0 Å². The zero-order valence-corrected chi connectivity index (χ0v) is 13.1. The van der Waals surface area contributed by atoms with Crippen LogP contribution in [-0.2, 0) is 13.1 Å². The summed E-state index contributed by atoms with van der Waals surface area (Å²) in [7, 11) is 0. The molecule has 0 fully saturated rings. The van der Waals surface area contributed by atoms with Crippen LogP contribution in [0.1, 0.15) is 36.1 Å². The van der Waals surface area contributed by atoms with Crippen molar-refractivity contribution in [1.82, 2.24) is 4.90 Å². The number of hydrogen-bond acceptors (Lipinski definition) is 2. The van der Waals surface area contributed by atoms with E-state index in [1.807, 2.05) is 12.1 Å². The largest absolute Gasteiger partial charge is 0.326 e. The third-order valence-electron chi connectivity index (χ3n) is 4.35. The van der Waals surface area contributed by atoms with Gasteiger partial charge >= 0.3 is 0 Å². The third kappa shape index (κ3) is 2.98. The Balaban J connectivity index is 1.89. The molecule has 2 N–H and O–H groups in total. The SMILES string of the molecule is CCC(N)C(c1ccc(Cl)cc1)N1Cc2ccccc2C1. The van der Waals surface area contributed by atoms with Crippen LogP contribution >= 0.6 is 11.6 Å². The Morgan fingerprint density at radius 2 is 1.62 bits per heavy atom. The molecule has 0 saturated heterocycles. The molecule has 0 bridgehead atoms. The number of hydrogen-bond donors (Lipinski definition) is 1. The average molecular weight is 301 g/mol. The van der Waals surface area contributed by atoms with Crippen LogP contribution in [-0.4, -0.2) is 10.9 Å². The second kappa shape index (κ2) is 6.18. The smallest absolute Gasteiger partial charge is 0.0506 e. The summed E-state index contributed by atoms with van der Waals surface area (Å²) in [6.45, 7) is 4.09. The summed E-state index contributed by atoms with van der Waals surface area (Å²) >= 11 is 6.02. The van der Waals surface area contributed by atoms with Crippen LogP contribution in [0.2, 0.25) is 5.02 Å². The second-order valence-corrected chi connectivity index (χ2v) is 6.18. The molecule has 110 valence electrons. The quantitative estimate of drug-likeness (QED) is 0.920. The highest BCUT2D eigenvalue weighted by Gasteiger charge is 2.30. The molecule has 2 aromatic rings. The summed E-state index contributed by atoms with van der Waals surface area (Å²) in [5, 5.41) is 0.771. The van der Waals surface area contributed by atoms with E-state index >= 15 is 0 Å². The van der Waals surface area contributed by atoms with Crippen molar-refractivity contribution in [2.24, 2.45) is 5.73 Å². The maximum absolute atomic E-state index is 6.43. The van der Waals surface area contributed by atoms with Crippen molar-refractivity contribution in [3.05, 3.63) is 70.2 Å². The van der Waals surface area contributed by atoms with Crippen LogP contribution in [0.4, 0.5) is 0 Å². The van der Waals surface area contributed by atoms with Gasteiger partial charge in [0.2, 0.25) is 0 Å². The van der Waals surface area contributed by atoms with E-state index in [0.29, 0.717) is 0 Å². The predicted molar refractivity (Wildman–Crippen MR) is 88.1 cm³/mol. The summed E-state index contributed by atoms with van der Waals surface area (Å²) in [5.74, 6) is 0. The minimum atomic E-state index is 0.125. The topological polar surface area (TPSA) is 29.3 Å². The number of benzene rings is 2. The Labute approximate surface area is 131 Å². The lowest BCUT2D eigenvalue weighted by Crippen LogP contribution is -2.38. The first-order valence-electron chi connectivity index (χ1n) is 7.51. The van der Waals surface area contributed by atoms with Gasteiger partial charge in [0.05, 0.1) is 6.04 Å². The first-order chi connectivity index (χ1) is 10.2. The first-order valence-corrected chi connectivity index (χ1v) is 7.88. The van der Waals surface area contributed by atoms with Crippen LogP contribution in [0, 0.1) is 0 Å². The molecular weight excluding hydrogens is 280 g/mol. The fraction of sp³-hybridized carbons (Fsp3) is 0.333. The Morgan fingerprint density at radius 1 is 1.05 bits per heavy atom. The lowest BCUT2D eigenvalue weighted by Gasteiger charge is -2.32. The van der Waals surface area contributed by atoms with E-state index in [2.05, 4.69) is 48.2 Å². The van der Waals surface area contributed by atoms with Crippen molar-refractivity contribution in [3.63, 3.8) is 0 Å². The van der Waals surface area contributed by atoms with Gasteiger partial charge in [-0.25, -0.2) is 0 Å². The fourth-order valence-electron chi connectivity index (χ4n) is 3.17. The Morgan fingerprint density at radius 3 is 2.14 bits per heavy atom. The molecule has 0 saturated carbocycles. The summed E-state index contributed by atoms with van der Waals surface area (Å²) < 4.78 is 0. The minimum absolute atomic E-state index is 0.125. The van der Waals surface area contributed by atoms with E-state index in [9.17, 15) is 0 Å². The van der Waals surface area contributed by atoms with Gasteiger partial charge in [0.15, 0.2) is 0 Å². The Bertz CT molecular complexity index is 584. The monoisotopic (exact) mass is 300 g/mol. The van der Waals surface area contributed by atoms with Gasteiger partial charge in [0, 0.05) is 24.2 Å². The van der Waals surface area contributed by atoms with E-state index in [-0.39, 0.29) is 12.1 Å². The number of fused-ring (bicyclic) bond motifs is 1. The molecule has 2 aromatic carbocycles. The lowest BCUT2D eigenvalue weighted by molar-refractivity contribution is 0.170. The molecule has 1 aliphatic heterocycles. The van der Waals surface area contributed by atoms with Crippen molar-refractivity contribution in [3.8, 4) is 0 Å². The average Bonchev–Trinajstić information content (AvgIpc) is 2.92. The zero-order chi connectivity index (χ0) is 14.8. The molecule has 0 aliphatic carbocycles. The van der Waals surface area contributed by atoms with Gasteiger partial charge in [0.1, 0.15) is 0 Å². The normalized spacial score (nSPS) is 17.5. The molecule has 2 unspecified atom stereocenters. The molecule has 21 heavy (non-hydrogen) atoms. The van der Waals surface area contributed by atoms with Crippen LogP contribution in [0.3, 0.4) is 0 Å². The molecule has 0 radical (unpaired) electrons. The first kappa shape index (κ1) is 14.6. The second-order valence-electron chi connectivity index (χ2n) is 5.74.